The Morgan fingerprint density at radius 1 is 0.806 bits per heavy atom. The van der Waals surface area contributed by atoms with Crippen molar-refractivity contribution >= 4 is 22.6 Å². The van der Waals surface area contributed by atoms with E-state index in [-0.39, 0.29) is 0 Å². The highest BCUT2D eigenvalue weighted by atomic mass is 19.4. The number of rotatable bonds is 7. The van der Waals surface area contributed by atoms with E-state index >= 15 is 0 Å². The molecule has 0 saturated carbocycles. The van der Waals surface area contributed by atoms with Crippen LogP contribution in [0.5, 0.6) is 0 Å². The van der Waals surface area contributed by atoms with E-state index in [4.69, 9.17) is 0 Å². The normalized spacial score (nSPS) is 12.1. The molecule has 0 aliphatic heterocycles. The summed E-state index contributed by atoms with van der Waals surface area (Å²) in [7, 11) is 0. The van der Waals surface area contributed by atoms with Crippen LogP contribution in [0.4, 0.5) is 30.2 Å². The van der Waals surface area contributed by atoms with Crippen molar-refractivity contribution in [1.82, 2.24) is 4.98 Å². The fourth-order valence-electron chi connectivity index (χ4n) is 3.92. The molecule has 0 saturated heterocycles. The third-order valence-corrected chi connectivity index (χ3v) is 5.75. The molecular weight excluding hydrogens is 457 g/mol. The molecule has 4 aromatic rings. The molecule has 0 fully saturated rings. The van der Waals surface area contributed by atoms with Crippen LogP contribution < -0.4 is 4.90 Å². The summed E-state index contributed by atoms with van der Waals surface area (Å²) in [6, 6.07) is 24.9. The molecule has 0 spiro atoms. The highest BCUT2D eigenvalue weighted by Crippen LogP contribution is 2.38. The van der Waals surface area contributed by atoms with Gasteiger partial charge in [0.25, 0.3) is 0 Å². The minimum Gasteiger partial charge on any atom is -0.311 e. The summed E-state index contributed by atoms with van der Waals surface area (Å²) in [5, 5.41) is 0. The maximum Gasteiger partial charge on any atom is 0.416 e. The first-order valence-electron chi connectivity index (χ1n) is 11.4. The molecule has 0 N–H and O–H groups in total. The van der Waals surface area contributed by atoms with Crippen molar-refractivity contribution in [3.05, 3.63) is 139 Å². The Morgan fingerprint density at radius 2 is 1.39 bits per heavy atom. The monoisotopic (exact) mass is 482 g/mol. The minimum atomic E-state index is -4.39. The molecule has 1 aromatic heterocycles. The zero-order valence-electron chi connectivity index (χ0n) is 19.8. The fraction of sp³-hybridized carbons (Fsp3) is 0.0645. The van der Waals surface area contributed by atoms with Gasteiger partial charge in [0, 0.05) is 29.5 Å². The summed E-state index contributed by atoms with van der Waals surface area (Å²) >= 11 is 0. The first kappa shape index (κ1) is 24.7. The summed E-state index contributed by atoms with van der Waals surface area (Å²) in [5.41, 5.74) is 5.66. The zero-order chi connectivity index (χ0) is 25.5. The van der Waals surface area contributed by atoms with Gasteiger partial charge < -0.3 is 4.90 Å². The van der Waals surface area contributed by atoms with Gasteiger partial charge in [0.15, 0.2) is 0 Å². The van der Waals surface area contributed by atoms with Gasteiger partial charge >= 0.3 is 6.18 Å². The number of anilines is 3. The van der Waals surface area contributed by atoms with Crippen LogP contribution in [0.2, 0.25) is 0 Å². The largest absolute Gasteiger partial charge is 0.416 e. The van der Waals surface area contributed by atoms with Gasteiger partial charge in [-0.1, -0.05) is 61.2 Å². The van der Waals surface area contributed by atoms with Gasteiger partial charge in [-0.25, -0.2) is 0 Å². The molecule has 0 aliphatic rings. The van der Waals surface area contributed by atoms with Crippen molar-refractivity contribution in [1.29, 1.82) is 0 Å². The minimum absolute atomic E-state index is 0.627. The number of hydrogen-bond donors (Lipinski definition) is 0. The number of benzene rings is 3. The van der Waals surface area contributed by atoms with E-state index in [0.29, 0.717) is 5.69 Å². The molecule has 0 radical (unpaired) electrons. The number of alkyl halides is 3. The van der Waals surface area contributed by atoms with E-state index in [9.17, 15) is 13.2 Å². The molecule has 0 bridgehead atoms. The third kappa shape index (κ3) is 5.63. The molecule has 36 heavy (non-hydrogen) atoms. The van der Waals surface area contributed by atoms with Gasteiger partial charge in [0.1, 0.15) is 0 Å². The third-order valence-electron chi connectivity index (χ3n) is 5.75. The molecule has 0 aliphatic carbocycles. The Hall–Kier alpha value is -4.38. The molecule has 180 valence electrons. The molecule has 0 atom stereocenters. The van der Waals surface area contributed by atoms with Crippen LogP contribution in [-0.2, 0) is 6.18 Å². The quantitative estimate of drug-likeness (QED) is 0.244. The Morgan fingerprint density at radius 3 is 1.89 bits per heavy atom. The van der Waals surface area contributed by atoms with E-state index in [0.717, 1.165) is 45.8 Å². The van der Waals surface area contributed by atoms with Crippen molar-refractivity contribution in [3.63, 3.8) is 0 Å². The van der Waals surface area contributed by atoms with Crippen LogP contribution in [-0.4, -0.2) is 4.98 Å². The average Bonchev–Trinajstić information content (AvgIpc) is 2.91. The predicted octanol–water partition coefficient (Wildman–Crippen LogP) is 9.38. The number of pyridine rings is 1. The van der Waals surface area contributed by atoms with E-state index in [1.165, 1.54) is 12.1 Å². The first-order valence-corrected chi connectivity index (χ1v) is 11.4. The van der Waals surface area contributed by atoms with Gasteiger partial charge in [0.05, 0.1) is 5.56 Å². The Labute approximate surface area is 209 Å². The van der Waals surface area contributed by atoms with Crippen LogP contribution in [0.3, 0.4) is 0 Å². The Balaban J connectivity index is 1.75. The van der Waals surface area contributed by atoms with Crippen molar-refractivity contribution in [3.8, 4) is 11.1 Å². The molecule has 5 heteroatoms. The number of nitrogens with zero attached hydrogens (tertiary/aromatic N) is 2. The second-order valence-corrected chi connectivity index (χ2v) is 8.05. The topological polar surface area (TPSA) is 16.1 Å². The second-order valence-electron chi connectivity index (χ2n) is 8.05. The van der Waals surface area contributed by atoms with Gasteiger partial charge in [-0.3, -0.25) is 4.98 Å². The molecular formula is C31H25F3N2. The average molecular weight is 483 g/mol. The van der Waals surface area contributed by atoms with Crippen molar-refractivity contribution in [2.45, 2.75) is 13.1 Å². The SMILES string of the molecule is C=C/C=C\C(=C/C)c1ccc(N(c2ccc(-c3cccnc3)cc2)c2ccc(C(F)(F)F)cc2)cc1. The highest BCUT2D eigenvalue weighted by Gasteiger charge is 2.30. The number of halogens is 3. The molecule has 0 amide bonds. The summed E-state index contributed by atoms with van der Waals surface area (Å²) in [6.07, 6.45) is 6.72. The summed E-state index contributed by atoms with van der Waals surface area (Å²) in [4.78, 5) is 6.11. The van der Waals surface area contributed by atoms with Gasteiger partial charge in [-0.05, 0) is 83.8 Å². The van der Waals surface area contributed by atoms with Crippen molar-refractivity contribution in [2.24, 2.45) is 0 Å². The molecule has 1 heterocycles. The number of aromatic nitrogens is 1. The lowest BCUT2D eigenvalue weighted by Gasteiger charge is -2.26. The zero-order valence-corrected chi connectivity index (χ0v) is 19.8. The first-order chi connectivity index (χ1) is 17.4. The van der Waals surface area contributed by atoms with Crippen LogP contribution >= 0.6 is 0 Å². The number of hydrogen-bond acceptors (Lipinski definition) is 2. The molecule has 4 rings (SSSR count). The summed E-state index contributed by atoms with van der Waals surface area (Å²) in [6.45, 7) is 5.68. The standard InChI is InChI=1S/C31H25F3N2/c1-3-5-7-23(4-2)24-9-15-28(16-10-24)36(30-19-13-27(14-20-30)31(32,33)34)29-17-11-25(12-18-29)26-8-6-21-35-22-26/h3-22H,1H2,2H3/b7-5-,23-4+. The van der Waals surface area contributed by atoms with Crippen molar-refractivity contribution < 1.29 is 13.2 Å². The van der Waals surface area contributed by atoms with Gasteiger partial charge in [-0.15, -0.1) is 0 Å². The Kier molecular flexibility index (Phi) is 7.50. The van der Waals surface area contributed by atoms with E-state index in [2.05, 4.69) is 11.6 Å². The lowest BCUT2D eigenvalue weighted by molar-refractivity contribution is -0.137. The fourth-order valence-corrected chi connectivity index (χ4v) is 3.92. The predicted molar refractivity (Wildman–Crippen MR) is 142 cm³/mol. The summed E-state index contributed by atoms with van der Waals surface area (Å²) in [5.74, 6) is 0. The van der Waals surface area contributed by atoms with E-state index < -0.39 is 11.7 Å². The maximum atomic E-state index is 13.2. The van der Waals surface area contributed by atoms with Gasteiger partial charge in [0.2, 0.25) is 0 Å². The van der Waals surface area contributed by atoms with Crippen LogP contribution in [0.25, 0.3) is 16.7 Å². The lowest BCUT2D eigenvalue weighted by Crippen LogP contribution is -2.11. The van der Waals surface area contributed by atoms with Crippen molar-refractivity contribution in [2.75, 3.05) is 4.90 Å². The lowest BCUT2D eigenvalue weighted by atomic mass is 10.0. The Bertz CT molecular complexity index is 1350. The number of allylic oxidation sites excluding steroid dienone is 5. The smallest absolute Gasteiger partial charge is 0.311 e. The maximum absolute atomic E-state index is 13.2. The van der Waals surface area contributed by atoms with Crippen LogP contribution in [0.1, 0.15) is 18.1 Å². The van der Waals surface area contributed by atoms with Crippen LogP contribution in [0.15, 0.2) is 128 Å². The second kappa shape index (κ2) is 10.9. The van der Waals surface area contributed by atoms with Crippen LogP contribution in [0, 0.1) is 0 Å². The van der Waals surface area contributed by atoms with Gasteiger partial charge in [-0.2, -0.15) is 13.2 Å². The van der Waals surface area contributed by atoms with E-state index in [1.54, 1.807) is 18.5 Å². The summed E-state index contributed by atoms with van der Waals surface area (Å²) < 4.78 is 39.5. The molecule has 2 nitrogen and oxygen atoms in total. The molecule has 0 unspecified atom stereocenters. The highest BCUT2D eigenvalue weighted by molar-refractivity contribution is 5.80. The molecule has 3 aromatic carbocycles. The van der Waals surface area contributed by atoms with E-state index in [1.807, 2.05) is 90.7 Å².